The number of ether oxygens (including phenoxy) is 2. The number of nitrogens with zero attached hydrogens (tertiary/aromatic N) is 1. The molecule has 6 heteroatoms. The van der Waals surface area contributed by atoms with Crippen molar-refractivity contribution < 1.29 is 19.1 Å². The third kappa shape index (κ3) is 4.10. The summed E-state index contributed by atoms with van der Waals surface area (Å²) < 4.78 is 9.68. The first-order chi connectivity index (χ1) is 8.17. The van der Waals surface area contributed by atoms with Crippen LogP contribution < -0.4 is 10.1 Å². The van der Waals surface area contributed by atoms with Gasteiger partial charge in [0.05, 0.1) is 25.1 Å². The van der Waals surface area contributed by atoms with Crippen molar-refractivity contribution >= 4 is 17.6 Å². The van der Waals surface area contributed by atoms with Crippen LogP contribution in [0.1, 0.15) is 13.8 Å². The number of hydrogen-bond donors (Lipinski definition) is 1. The molecule has 1 amide bonds. The normalized spacial score (nSPS) is 9.53. The molecule has 0 unspecified atom stereocenters. The predicted octanol–water partition coefficient (Wildman–Crippen LogP) is 0.982. The monoisotopic (exact) mass is 238 g/mol. The largest absolute Gasteiger partial charge is 0.478 e. The molecule has 1 N–H and O–H groups in total. The molecular formula is C11H14N2O4. The van der Waals surface area contributed by atoms with Gasteiger partial charge in [0.1, 0.15) is 0 Å². The van der Waals surface area contributed by atoms with E-state index in [1.807, 2.05) is 6.92 Å². The molecule has 0 aliphatic rings. The van der Waals surface area contributed by atoms with E-state index in [2.05, 4.69) is 15.0 Å². The van der Waals surface area contributed by atoms with Gasteiger partial charge < -0.3 is 14.8 Å². The highest BCUT2D eigenvalue weighted by Gasteiger charge is 2.14. The summed E-state index contributed by atoms with van der Waals surface area (Å²) in [5.41, 5.74) is 0.409. The molecule has 17 heavy (non-hydrogen) atoms. The fraction of sp³-hybridized carbons (Fsp3) is 0.364. The van der Waals surface area contributed by atoms with E-state index in [9.17, 15) is 9.59 Å². The summed E-state index contributed by atoms with van der Waals surface area (Å²) in [6.45, 7) is 4.15. The highest BCUT2D eigenvalue weighted by atomic mass is 16.5. The summed E-state index contributed by atoms with van der Waals surface area (Å²) in [5, 5.41) is 2.36. The van der Waals surface area contributed by atoms with E-state index in [4.69, 9.17) is 4.74 Å². The third-order valence-corrected chi connectivity index (χ3v) is 1.75. The van der Waals surface area contributed by atoms with Crippen LogP contribution in [0.5, 0.6) is 5.88 Å². The van der Waals surface area contributed by atoms with E-state index < -0.39 is 11.9 Å². The van der Waals surface area contributed by atoms with Gasteiger partial charge in [0.15, 0.2) is 0 Å². The first kappa shape index (κ1) is 13.0. The number of nitrogens with one attached hydrogen (secondary N) is 1. The van der Waals surface area contributed by atoms with Gasteiger partial charge in [-0.25, -0.2) is 9.78 Å². The van der Waals surface area contributed by atoms with Gasteiger partial charge in [-0.3, -0.25) is 4.79 Å². The van der Waals surface area contributed by atoms with Gasteiger partial charge in [-0.2, -0.15) is 0 Å². The van der Waals surface area contributed by atoms with Crippen LogP contribution >= 0.6 is 0 Å². The van der Waals surface area contributed by atoms with Crippen LogP contribution in [-0.2, 0) is 14.3 Å². The molecule has 0 aromatic carbocycles. The number of carbonyl (C=O) groups is 2. The van der Waals surface area contributed by atoms with Gasteiger partial charge in [0, 0.05) is 6.07 Å². The molecule has 0 aliphatic carbocycles. The zero-order valence-electron chi connectivity index (χ0n) is 9.73. The summed E-state index contributed by atoms with van der Waals surface area (Å²) >= 11 is 0. The van der Waals surface area contributed by atoms with E-state index in [1.165, 1.54) is 6.20 Å². The molecule has 6 nitrogen and oxygen atoms in total. The van der Waals surface area contributed by atoms with E-state index in [0.717, 1.165) is 0 Å². The smallest absolute Gasteiger partial charge is 0.397 e. The zero-order valence-corrected chi connectivity index (χ0v) is 9.73. The lowest BCUT2D eigenvalue weighted by Gasteiger charge is -2.05. The molecule has 1 rings (SSSR count). The average Bonchev–Trinajstić information content (AvgIpc) is 2.32. The maximum absolute atomic E-state index is 11.3. The summed E-state index contributed by atoms with van der Waals surface area (Å²) in [6.07, 6.45) is 1.40. The Bertz CT molecular complexity index is 389. The van der Waals surface area contributed by atoms with Gasteiger partial charge in [-0.1, -0.05) is 0 Å². The van der Waals surface area contributed by atoms with E-state index in [-0.39, 0.29) is 6.61 Å². The Balaban J connectivity index is 2.57. The predicted molar refractivity (Wildman–Crippen MR) is 60.7 cm³/mol. The van der Waals surface area contributed by atoms with Gasteiger partial charge in [0.25, 0.3) is 0 Å². The Morgan fingerprint density at radius 1 is 1.29 bits per heavy atom. The molecule has 0 spiro atoms. The number of amides is 1. The van der Waals surface area contributed by atoms with Crippen molar-refractivity contribution in [3.05, 3.63) is 18.3 Å². The van der Waals surface area contributed by atoms with Crippen LogP contribution in [0, 0.1) is 0 Å². The molecule has 0 fully saturated rings. The molecule has 1 aromatic heterocycles. The zero-order chi connectivity index (χ0) is 12.7. The molecular weight excluding hydrogens is 224 g/mol. The van der Waals surface area contributed by atoms with Crippen molar-refractivity contribution in [2.75, 3.05) is 18.5 Å². The van der Waals surface area contributed by atoms with Gasteiger partial charge in [-0.05, 0) is 19.9 Å². The lowest BCUT2D eigenvalue weighted by atomic mass is 10.4. The number of pyridine rings is 1. The van der Waals surface area contributed by atoms with Crippen molar-refractivity contribution in [3.8, 4) is 5.88 Å². The SMILES string of the molecule is CCOC(=O)C(=O)Nc1ccc(OCC)nc1. The maximum atomic E-state index is 11.3. The topological polar surface area (TPSA) is 77.5 Å². The Morgan fingerprint density at radius 3 is 2.59 bits per heavy atom. The average molecular weight is 238 g/mol. The second kappa shape index (κ2) is 6.47. The number of hydrogen-bond acceptors (Lipinski definition) is 5. The summed E-state index contributed by atoms with van der Waals surface area (Å²) in [4.78, 5) is 26.2. The second-order valence-electron chi connectivity index (χ2n) is 2.99. The number of carbonyl (C=O) groups excluding carboxylic acids is 2. The number of aromatic nitrogens is 1. The molecule has 1 aromatic rings. The molecule has 92 valence electrons. The Labute approximate surface area is 98.9 Å². The van der Waals surface area contributed by atoms with Crippen LogP contribution in [0.4, 0.5) is 5.69 Å². The molecule has 0 atom stereocenters. The fourth-order valence-electron chi connectivity index (χ4n) is 1.07. The minimum absolute atomic E-state index is 0.160. The Morgan fingerprint density at radius 2 is 2.06 bits per heavy atom. The highest BCUT2D eigenvalue weighted by Crippen LogP contribution is 2.11. The summed E-state index contributed by atoms with van der Waals surface area (Å²) in [5.74, 6) is -1.28. The van der Waals surface area contributed by atoms with Crippen LogP contribution in [0.2, 0.25) is 0 Å². The highest BCUT2D eigenvalue weighted by molar-refractivity contribution is 6.37. The second-order valence-corrected chi connectivity index (χ2v) is 2.99. The lowest BCUT2D eigenvalue weighted by molar-refractivity contribution is -0.152. The van der Waals surface area contributed by atoms with Crippen LogP contribution in [0.15, 0.2) is 18.3 Å². The van der Waals surface area contributed by atoms with Crippen LogP contribution in [0.3, 0.4) is 0 Å². The molecule has 0 saturated carbocycles. The minimum atomic E-state index is -0.915. The molecule has 0 bridgehead atoms. The van der Waals surface area contributed by atoms with Crippen molar-refractivity contribution in [1.82, 2.24) is 4.98 Å². The third-order valence-electron chi connectivity index (χ3n) is 1.75. The van der Waals surface area contributed by atoms with Gasteiger partial charge in [0.2, 0.25) is 5.88 Å². The van der Waals surface area contributed by atoms with Crippen molar-refractivity contribution in [2.45, 2.75) is 13.8 Å². The maximum Gasteiger partial charge on any atom is 0.397 e. The molecule has 0 saturated heterocycles. The first-order valence-corrected chi connectivity index (χ1v) is 5.24. The quantitative estimate of drug-likeness (QED) is 0.625. The molecule has 0 aliphatic heterocycles. The van der Waals surface area contributed by atoms with Gasteiger partial charge >= 0.3 is 11.9 Å². The van der Waals surface area contributed by atoms with E-state index in [0.29, 0.717) is 18.2 Å². The van der Waals surface area contributed by atoms with Crippen molar-refractivity contribution in [2.24, 2.45) is 0 Å². The van der Waals surface area contributed by atoms with Crippen LogP contribution in [0.25, 0.3) is 0 Å². The Hall–Kier alpha value is -2.11. The fourth-order valence-corrected chi connectivity index (χ4v) is 1.07. The van der Waals surface area contributed by atoms with E-state index >= 15 is 0 Å². The van der Waals surface area contributed by atoms with E-state index in [1.54, 1.807) is 19.1 Å². The number of anilines is 1. The van der Waals surface area contributed by atoms with Crippen LogP contribution in [-0.4, -0.2) is 30.1 Å². The summed E-state index contributed by atoms with van der Waals surface area (Å²) in [7, 11) is 0. The van der Waals surface area contributed by atoms with Gasteiger partial charge in [-0.15, -0.1) is 0 Å². The standard InChI is InChI=1S/C11H14N2O4/c1-3-16-9-6-5-8(7-12-9)13-10(14)11(15)17-4-2/h5-7H,3-4H2,1-2H3,(H,13,14). The summed E-state index contributed by atoms with van der Waals surface area (Å²) in [6, 6.07) is 3.19. The Kier molecular flexibility index (Phi) is 4.93. The minimum Gasteiger partial charge on any atom is -0.478 e. The first-order valence-electron chi connectivity index (χ1n) is 5.24. The number of rotatable bonds is 4. The molecule has 0 radical (unpaired) electrons. The van der Waals surface area contributed by atoms with Crippen molar-refractivity contribution in [3.63, 3.8) is 0 Å². The lowest BCUT2D eigenvalue weighted by Crippen LogP contribution is -2.25. The molecule has 1 heterocycles. The number of esters is 1. The van der Waals surface area contributed by atoms with Crippen molar-refractivity contribution in [1.29, 1.82) is 0 Å².